The fraction of sp³-hybridized carbons (Fsp3) is 0.263. The van der Waals surface area contributed by atoms with Gasteiger partial charge in [0.2, 0.25) is 11.8 Å². The molecule has 1 aliphatic rings. The van der Waals surface area contributed by atoms with E-state index in [1.54, 1.807) is 11.1 Å². The molecule has 26 heavy (non-hydrogen) atoms. The summed E-state index contributed by atoms with van der Waals surface area (Å²) in [7, 11) is 0. The largest absolute Gasteiger partial charge is 0.347 e. The molecule has 7 heteroatoms. The van der Waals surface area contributed by atoms with Crippen molar-refractivity contribution < 1.29 is 9.59 Å². The van der Waals surface area contributed by atoms with E-state index in [9.17, 15) is 9.59 Å². The number of fused-ring (bicyclic) bond motifs is 2. The highest BCUT2D eigenvalue weighted by Gasteiger charge is 2.32. The number of amides is 2. The Kier molecular flexibility index (Phi) is 4.12. The first-order valence-corrected chi connectivity index (χ1v) is 8.53. The third-order valence-corrected chi connectivity index (χ3v) is 4.69. The van der Waals surface area contributed by atoms with Crippen LogP contribution in [0.4, 0.5) is 0 Å². The summed E-state index contributed by atoms with van der Waals surface area (Å²) >= 11 is 0. The lowest BCUT2D eigenvalue weighted by atomic mass is 9.93. The second kappa shape index (κ2) is 6.59. The molecule has 0 fully saturated rings. The number of nitrogens with one attached hydrogen (secondary N) is 2. The maximum absolute atomic E-state index is 12.7. The summed E-state index contributed by atoms with van der Waals surface area (Å²) in [5.74, 6) is 0.355. The lowest BCUT2D eigenvalue weighted by Crippen LogP contribution is -2.51. The fourth-order valence-corrected chi connectivity index (χ4v) is 3.36. The van der Waals surface area contributed by atoms with E-state index in [4.69, 9.17) is 0 Å². The van der Waals surface area contributed by atoms with Gasteiger partial charge in [0, 0.05) is 26.1 Å². The van der Waals surface area contributed by atoms with Gasteiger partial charge in [-0.1, -0.05) is 24.3 Å². The van der Waals surface area contributed by atoms with Gasteiger partial charge >= 0.3 is 0 Å². The second-order valence-corrected chi connectivity index (χ2v) is 6.41. The Morgan fingerprint density at radius 2 is 2.04 bits per heavy atom. The van der Waals surface area contributed by atoms with E-state index in [0.717, 1.165) is 16.6 Å². The van der Waals surface area contributed by atoms with E-state index in [-0.39, 0.29) is 18.4 Å². The number of carbonyl (C=O) groups excluding carboxylic acids is 2. The maximum atomic E-state index is 12.7. The Balaban J connectivity index is 1.50. The molecule has 1 atom stereocenters. The van der Waals surface area contributed by atoms with Crippen molar-refractivity contribution in [1.29, 1.82) is 0 Å². The van der Waals surface area contributed by atoms with E-state index in [0.29, 0.717) is 24.4 Å². The number of H-pyrrole nitrogens is 1. The summed E-state index contributed by atoms with van der Waals surface area (Å²) in [4.78, 5) is 38.1. The van der Waals surface area contributed by atoms with Crippen LogP contribution in [0.25, 0.3) is 11.2 Å². The first-order chi connectivity index (χ1) is 12.6. The zero-order valence-electron chi connectivity index (χ0n) is 14.4. The average molecular weight is 349 g/mol. The van der Waals surface area contributed by atoms with E-state index >= 15 is 0 Å². The number of carbonyl (C=O) groups is 2. The maximum Gasteiger partial charge on any atom is 0.243 e. The Morgan fingerprint density at radius 1 is 1.23 bits per heavy atom. The summed E-state index contributed by atoms with van der Waals surface area (Å²) in [5, 5.41) is 2.89. The highest BCUT2D eigenvalue weighted by molar-refractivity contribution is 5.87. The molecule has 1 unspecified atom stereocenters. The monoisotopic (exact) mass is 349 g/mol. The minimum absolute atomic E-state index is 0.104. The van der Waals surface area contributed by atoms with Crippen molar-refractivity contribution in [3.05, 3.63) is 59.5 Å². The van der Waals surface area contributed by atoms with Gasteiger partial charge < -0.3 is 15.2 Å². The molecule has 0 saturated heterocycles. The lowest BCUT2D eigenvalue weighted by Gasteiger charge is -2.35. The smallest absolute Gasteiger partial charge is 0.243 e. The fourth-order valence-electron chi connectivity index (χ4n) is 3.36. The van der Waals surface area contributed by atoms with Gasteiger partial charge in [-0.25, -0.2) is 9.97 Å². The summed E-state index contributed by atoms with van der Waals surface area (Å²) < 4.78 is 0. The van der Waals surface area contributed by atoms with Crippen LogP contribution in [-0.4, -0.2) is 37.7 Å². The van der Waals surface area contributed by atoms with E-state index in [1.807, 2.05) is 36.4 Å². The number of rotatable bonds is 3. The van der Waals surface area contributed by atoms with Crippen molar-refractivity contribution in [2.75, 3.05) is 0 Å². The predicted octanol–water partition coefficient (Wildman–Crippen LogP) is 1.55. The molecule has 0 aliphatic carbocycles. The molecule has 4 rings (SSSR count). The van der Waals surface area contributed by atoms with Crippen LogP contribution in [0.1, 0.15) is 23.9 Å². The Labute approximate surface area is 150 Å². The first kappa shape index (κ1) is 16.3. The standard InChI is InChI=1S/C19H19N5O2/c1-12(25)24-11-14-6-3-2-5-13(14)9-16(24)19(26)21-10-17-22-15-7-4-8-20-18(15)23-17/h2-8,16H,9-11H2,1H3,(H,21,26)(H,20,22,23). The van der Waals surface area contributed by atoms with Gasteiger partial charge in [0.15, 0.2) is 5.65 Å². The Hall–Kier alpha value is -3.22. The average Bonchev–Trinajstić information content (AvgIpc) is 3.08. The molecule has 1 aromatic carbocycles. The minimum Gasteiger partial charge on any atom is -0.347 e. The highest BCUT2D eigenvalue weighted by atomic mass is 16.2. The molecule has 2 aromatic heterocycles. The molecule has 3 aromatic rings. The number of pyridine rings is 1. The van der Waals surface area contributed by atoms with Crippen LogP contribution >= 0.6 is 0 Å². The second-order valence-electron chi connectivity index (χ2n) is 6.41. The normalized spacial score (nSPS) is 16.3. The van der Waals surface area contributed by atoms with Crippen molar-refractivity contribution in [1.82, 2.24) is 25.2 Å². The Morgan fingerprint density at radius 3 is 2.81 bits per heavy atom. The third-order valence-electron chi connectivity index (χ3n) is 4.69. The van der Waals surface area contributed by atoms with Crippen LogP contribution in [0, 0.1) is 0 Å². The van der Waals surface area contributed by atoms with Crippen LogP contribution in [0.2, 0.25) is 0 Å². The van der Waals surface area contributed by atoms with E-state index < -0.39 is 6.04 Å². The molecule has 1 aliphatic heterocycles. The zero-order chi connectivity index (χ0) is 18.1. The topological polar surface area (TPSA) is 91.0 Å². The van der Waals surface area contributed by atoms with Gasteiger partial charge in [-0.15, -0.1) is 0 Å². The quantitative estimate of drug-likeness (QED) is 0.750. The molecular weight excluding hydrogens is 330 g/mol. The van der Waals surface area contributed by atoms with Crippen LogP contribution in [-0.2, 0) is 29.1 Å². The molecule has 0 radical (unpaired) electrons. The molecule has 0 bridgehead atoms. The zero-order valence-corrected chi connectivity index (χ0v) is 14.4. The van der Waals surface area contributed by atoms with Gasteiger partial charge in [0.05, 0.1) is 12.1 Å². The van der Waals surface area contributed by atoms with E-state index in [1.165, 1.54) is 6.92 Å². The van der Waals surface area contributed by atoms with E-state index in [2.05, 4.69) is 20.3 Å². The van der Waals surface area contributed by atoms with Crippen molar-refractivity contribution in [3.8, 4) is 0 Å². The summed E-state index contributed by atoms with van der Waals surface area (Å²) in [6.07, 6.45) is 2.19. The minimum atomic E-state index is -0.509. The predicted molar refractivity (Wildman–Crippen MR) is 95.9 cm³/mol. The number of benzene rings is 1. The third kappa shape index (κ3) is 3.03. The van der Waals surface area contributed by atoms with Crippen LogP contribution < -0.4 is 5.32 Å². The van der Waals surface area contributed by atoms with Gasteiger partial charge in [-0.2, -0.15) is 0 Å². The molecule has 132 valence electrons. The van der Waals surface area contributed by atoms with Gasteiger partial charge in [0.25, 0.3) is 0 Å². The number of hydrogen-bond acceptors (Lipinski definition) is 4. The molecule has 3 heterocycles. The molecule has 0 saturated carbocycles. The highest BCUT2D eigenvalue weighted by Crippen LogP contribution is 2.23. The summed E-state index contributed by atoms with van der Waals surface area (Å²) in [6.45, 7) is 2.22. The lowest BCUT2D eigenvalue weighted by molar-refractivity contribution is -0.140. The molecular formula is C19H19N5O2. The van der Waals surface area contributed by atoms with Crippen molar-refractivity contribution in [2.45, 2.75) is 32.5 Å². The van der Waals surface area contributed by atoms with Crippen molar-refractivity contribution >= 4 is 23.0 Å². The first-order valence-electron chi connectivity index (χ1n) is 8.53. The Bertz CT molecular complexity index is 948. The van der Waals surface area contributed by atoms with Crippen LogP contribution in [0.5, 0.6) is 0 Å². The SMILES string of the molecule is CC(=O)N1Cc2ccccc2CC1C(=O)NCc1nc2ncccc2[nH]1. The summed E-state index contributed by atoms with van der Waals surface area (Å²) in [6, 6.07) is 11.1. The molecule has 2 amide bonds. The molecule has 2 N–H and O–H groups in total. The van der Waals surface area contributed by atoms with Crippen LogP contribution in [0.3, 0.4) is 0 Å². The summed E-state index contributed by atoms with van der Waals surface area (Å²) in [5.41, 5.74) is 3.65. The van der Waals surface area contributed by atoms with Crippen molar-refractivity contribution in [3.63, 3.8) is 0 Å². The number of nitrogens with zero attached hydrogens (tertiary/aromatic N) is 3. The molecule has 7 nitrogen and oxygen atoms in total. The number of hydrogen-bond donors (Lipinski definition) is 2. The number of aromatic amines is 1. The number of aromatic nitrogens is 3. The van der Waals surface area contributed by atoms with Gasteiger partial charge in [-0.05, 0) is 23.3 Å². The van der Waals surface area contributed by atoms with Crippen LogP contribution in [0.15, 0.2) is 42.6 Å². The van der Waals surface area contributed by atoms with Crippen molar-refractivity contribution in [2.24, 2.45) is 0 Å². The van der Waals surface area contributed by atoms with Gasteiger partial charge in [-0.3, -0.25) is 9.59 Å². The van der Waals surface area contributed by atoms with Gasteiger partial charge in [0.1, 0.15) is 11.9 Å². The molecule has 0 spiro atoms. The number of imidazole rings is 1.